The second-order valence-electron chi connectivity index (χ2n) is 5.21. The van der Waals surface area contributed by atoms with Crippen LogP contribution in [0.3, 0.4) is 0 Å². The predicted octanol–water partition coefficient (Wildman–Crippen LogP) is 2.23. The molecule has 0 aliphatic carbocycles. The van der Waals surface area contributed by atoms with Crippen molar-refractivity contribution in [3.8, 4) is 5.75 Å². The van der Waals surface area contributed by atoms with E-state index in [2.05, 4.69) is 0 Å². The third-order valence-corrected chi connectivity index (χ3v) is 6.09. The second-order valence-corrected chi connectivity index (χ2v) is 7.52. The number of alkyl halides is 3. The van der Waals surface area contributed by atoms with Crippen LogP contribution in [-0.2, 0) is 14.8 Å². The molecule has 134 valence electrons. The highest BCUT2D eigenvalue weighted by Gasteiger charge is 2.55. The normalized spacial score (nSPS) is 22.5. The largest absolute Gasteiger partial charge is 0.497 e. The van der Waals surface area contributed by atoms with Gasteiger partial charge in [-0.25, -0.2) is 8.42 Å². The van der Waals surface area contributed by atoms with Crippen LogP contribution in [0.1, 0.15) is 0 Å². The number of sulfonamides is 1. The van der Waals surface area contributed by atoms with Crippen molar-refractivity contribution < 1.29 is 36.2 Å². The fourth-order valence-electron chi connectivity index (χ4n) is 2.49. The van der Waals surface area contributed by atoms with E-state index in [0.29, 0.717) is 4.31 Å². The molecule has 1 fully saturated rings. The van der Waals surface area contributed by atoms with E-state index in [0.717, 1.165) is 6.07 Å². The van der Waals surface area contributed by atoms with Crippen molar-refractivity contribution in [3.63, 3.8) is 0 Å². The van der Waals surface area contributed by atoms with Crippen molar-refractivity contribution in [2.24, 2.45) is 11.8 Å². The molecule has 6 nitrogen and oxygen atoms in total. The Balaban J connectivity index is 2.42. The van der Waals surface area contributed by atoms with Crippen LogP contribution in [0.2, 0.25) is 5.02 Å². The first-order chi connectivity index (χ1) is 11.0. The molecule has 24 heavy (non-hydrogen) atoms. The molecule has 11 heteroatoms. The smallest absolute Gasteiger partial charge is 0.393 e. The van der Waals surface area contributed by atoms with Crippen LogP contribution in [0.5, 0.6) is 5.75 Å². The van der Waals surface area contributed by atoms with Crippen molar-refractivity contribution in [2.45, 2.75) is 11.1 Å². The van der Waals surface area contributed by atoms with E-state index in [-0.39, 0.29) is 10.8 Å². The SMILES string of the molecule is COc1ccc(Cl)c(S(=O)(=O)N2C[C@@H](C(F)(F)F)[C@H](C(=O)O)C2)c1. The Morgan fingerprint density at radius 2 is 2.00 bits per heavy atom. The summed E-state index contributed by atoms with van der Waals surface area (Å²) in [4.78, 5) is 10.6. The van der Waals surface area contributed by atoms with Gasteiger partial charge in [0, 0.05) is 19.2 Å². The molecule has 1 aliphatic heterocycles. The topological polar surface area (TPSA) is 83.9 Å². The average Bonchev–Trinajstić information content (AvgIpc) is 2.94. The van der Waals surface area contributed by atoms with Gasteiger partial charge < -0.3 is 9.84 Å². The molecule has 1 aromatic rings. The van der Waals surface area contributed by atoms with Gasteiger partial charge in [-0.3, -0.25) is 4.79 Å². The number of halogens is 4. The number of methoxy groups -OCH3 is 1. The fraction of sp³-hybridized carbons (Fsp3) is 0.462. The molecule has 0 amide bonds. The molecule has 2 rings (SSSR count). The average molecular weight is 388 g/mol. The molecule has 0 aromatic heterocycles. The summed E-state index contributed by atoms with van der Waals surface area (Å²) in [5.41, 5.74) is 0. The number of carboxylic acid groups (broad SMARTS) is 1. The van der Waals surface area contributed by atoms with E-state index in [1.165, 1.54) is 19.2 Å². The lowest BCUT2D eigenvalue weighted by molar-refractivity contribution is -0.187. The van der Waals surface area contributed by atoms with Gasteiger partial charge in [0.15, 0.2) is 0 Å². The minimum Gasteiger partial charge on any atom is -0.497 e. The van der Waals surface area contributed by atoms with Crippen molar-refractivity contribution in [3.05, 3.63) is 23.2 Å². The Morgan fingerprint density at radius 1 is 1.38 bits per heavy atom. The van der Waals surface area contributed by atoms with Crippen molar-refractivity contribution >= 4 is 27.6 Å². The Morgan fingerprint density at radius 3 is 2.46 bits per heavy atom. The maximum absolute atomic E-state index is 13.0. The predicted molar refractivity (Wildman–Crippen MR) is 77.4 cm³/mol. The van der Waals surface area contributed by atoms with E-state index in [4.69, 9.17) is 21.4 Å². The molecule has 1 heterocycles. The van der Waals surface area contributed by atoms with E-state index in [1.54, 1.807) is 0 Å². The molecule has 1 saturated heterocycles. The third kappa shape index (κ3) is 3.45. The lowest BCUT2D eigenvalue weighted by Gasteiger charge is -2.19. The summed E-state index contributed by atoms with van der Waals surface area (Å²) in [6, 6.07) is 3.71. The van der Waals surface area contributed by atoms with Crippen molar-refractivity contribution in [1.82, 2.24) is 4.31 Å². The minimum atomic E-state index is -4.83. The van der Waals surface area contributed by atoms with Gasteiger partial charge in [0.25, 0.3) is 0 Å². The van der Waals surface area contributed by atoms with E-state index in [9.17, 15) is 26.4 Å². The Kier molecular flexibility index (Phi) is 5.03. The zero-order valence-corrected chi connectivity index (χ0v) is 13.8. The van der Waals surface area contributed by atoms with Crippen molar-refractivity contribution in [2.75, 3.05) is 20.2 Å². The summed E-state index contributed by atoms with van der Waals surface area (Å²) < 4.78 is 69.6. The maximum Gasteiger partial charge on any atom is 0.393 e. The van der Waals surface area contributed by atoms with Crippen LogP contribution in [0, 0.1) is 11.8 Å². The van der Waals surface area contributed by atoms with Gasteiger partial charge in [0.1, 0.15) is 10.6 Å². The van der Waals surface area contributed by atoms with Gasteiger partial charge in [0.05, 0.1) is 24.0 Å². The number of carbonyl (C=O) groups is 1. The first kappa shape index (κ1) is 18.8. The highest BCUT2D eigenvalue weighted by Crippen LogP contribution is 2.40. The van der Waals surface area contributed by atoms with Crippen LogP contribution in [0.25, 0.3) is 0 Å². The van der Waals surface area contributed by atoms with Crippen LogP contribution in [-0.4, -0.2) is 50.2 Å². The van der Waals surface area contributed by atoms with Gasteiger partial charge in [-0.15, -0.1) is 0 Å². The zero-order valence-electron chi connectivity index (χ0n) is 12.2. The molecular weight excluding hydrogens is 375 g/mol. The minimum absolute atomic E-state index is 0.152. The molecule has 1 aliphatic rings. The number of benzene rings is 1. The summed E-state index contributed by atoms with van der Waals surface area (Å²) in [7, 11) is -3.12. The number of aliphatic carboxylic acids is 1. The molecule has 0 radical (unpaired) electrons. The summed E-state index contributed by atoms with van der Waals surface area (Å²) in [6.45, 7) is -1.76. The lowest BCUT2D eigenvalue weighted by atomic mass is 9.96. The van der Waals surface area contributed by atoms with Gasteiger partial charge in [0.2, 0.25) is 10.0 Å². The summed E-state index contributed by atoms with van der Waals surface area (Å²) in [5.74, 6) is -5.70. The Bertz CT molecular complexity index is 752. The summed E-state index contributed by atoms with van der Waals surface area (Å²) >= 11 is 5.84. The first-order valence-electron chi connectivity index (χ1n) is 6.61. The molecule has 0 saturated carbocycles. The summed E-state index contributed by atoms with van der Waals surface area (Å²) in [6.07, 6.45) is -4.83. The number of hydrogen-bond acceptors (Lipinski definition) is 4. The van der Waals surface area contributed by atoms with Gasteiger partial charge in [-0.2, -0.15) is 17.5 Å². The molecule has 1 N–H and O–H groups in total. The van der Waals surface area contributed by atoms with Crippen LogP contribution in [0.4, 0.5) is 13.2 Å². The Labute approximate surface area is 140 Å². The van der Waals surface area contributed by atoms with Gasteiger partial charge >= 0.3 is 12.1 Å². The molecule has 0 unspecified atom stereocenters. The quantitative estimate of drug-likeness (QED) is 0.856. The number of ether oxygens (including phenoxy) is 1. The standard InChI is InChI=1S/C13H13ClF3NO5S/c1-23-7-2-3-10(14)11(4-7)24(21,22)18-5-8(12(19)20)9(6-18)13(15,16)17/h2-4,8-9H,5-6H2,1H3,(H,19,20)/t8-,9-/m1/s1. The zero-order chi connectivity index (χ0) is 18.3. The van der Waals surface area contributed by atoms with Crippen LogP contribution in [0.15, 0.2) is 23.1 Å². The van der Waals surface area contributed by atoms with Crippen molar-refractivity contribution in [1.29, 1.82) is 0 Å². The maximum atomic E-state index is 13.0. The highest BCUT2D eigenvalue weighted by molar-refractivity contribution is 7.89. The Hall–Kier alpha value is -1.52. The number of carboxylic acids is 1. The lowest BCUT2D eigenvalue weighted by Crippen LogP contribution is -2.34. The molecule has 2 atom stereocenters. The van der Waals surface area contributed by atoms with E-state index in [1.807, 2.05) is 0 Å². The van der Waals surface area contributed by atoms with Crippen LogP contribution < -0.4 is 4.74 Å². The highest BCUT2D eigenvalue weighted by atomic mass is 35.5. The van der Waals surface area contributed by atoms with Gasteiger partial charge in [-0.05, 0) is 12.1 Å². The monoisotopic (exact) mass is 387 g/mol. The molecule has 0 spiro atoms. The number of hydrogen-bond donors (Lipinski definition) is 1. The van der Waals surface area contributed by atoms with E-state index >= 15 is 0 Å². The van der Waals surface area contributed by atoms with Crippen LogP contribution >= 0.6 is 11.6 Å². The third-order valence-electron chi connectivity index (χ3n) is 3.78. The van der Waals surface area contributed by atoms with Gasteiger partial charge in [-0.1, -0.05) is 11.6 Å². The number of rotatable bonds is 4. The number of nitrogens with zero attached hydrogens (tertiary/aromatic N) is 1. The second kappa shape index (κ2) is 6.41. The fourth-order valence-corrected chi connectivity index (χ4v) is 4.47. The molecular formula is C13H13ClF3NO5S. The molecule has 0 bridgehead atoms. The van der Waals surface area contributed by atoms with E-state index < -0.39 is 52.0 Å². The first-order valence-corrected chi connectivity index (χ1v) is 8.43. The summed E-state index contributed by atoms with van der Waals surface area (Å²) in [5, 5.41) is 8.77. The molecule has 1 aromatic carbocycles.